The van der Waals surface area contributed by atoms with Gasteiger partial charge >= 0.3 is 0 Å². The lowest BCUT2D eigenvalue weighted by molar-refractivity contribution is 0.102. The van der Waals surface area contributed by atoms with Gasteiger partial charge in [-0.2, -0.15) is 5.10 Å². The van der Waals surface area contributed by atoms with Crippen molar-refractivity contribution in [3.05, 3.63) is 88.4 Å². The number of aromatic nitrogens is 3. The third-order valence-electron chi connectivity index (χ3n) is 3.26. The van der Waals surface area contributed by atoms with Crippen LogP contribution in [0.25, 0.3) is 0 Å². The van der Waals surface area contributed by atoms with Crippen molar-refractivity contribution in [3.8, 4) is 0 Å². The molecule has 2 heterocycles. The third kappa shape index (κ3) is 3.70. The lowest BCUT2D eigenvalue weighted by atomic mass is 10.2. The summed E-state index contributed by atoms with van der Waals surface area (Å²) in [5, 5.41) is 6.71. The van der Waals surface area contributed by atoms with Gasteiger partial charge in [0.25, 0.3) is 11.5 Å². The second-order valence-electron chi connectivity index (χ2n) is 5.03. The number of nitrogens with one attached hydrogen (secondary N) is 1. The first-order valence-electron chi connectivity index (χ1n) is 7.16. The second-order valence-corrected chi connectivity index (χ2v) is 5.03. The summed E-state index contributed by atoms with van der Waals surface area (Å²) in [6.45, 7) is 0.0764. The van der Waals surface area contributed by atoms with Crippen LogP contribution in [0.3, 0.4) is 0 Å². The maximum atomic E-state index is 13.2. The molecule has 0 aliphatic carbocycles. The van der Waals surface area contributed by atoms with Crippen LogP contribution in [0.2, 0.25) is 0 Å². The van der Waals surface area contributed by atoms with Crippen LogP contribution in [-0.4, -0.2) is 20.7 Å². The quantitative estimate of drug-likeness (QED) is 0.797. The molecule has 0 unspecified atom stereocenters. The van der Waals surface area contributed by atoms with Gasteiger partial charge in [-0.1, -0.05) is 12.1 Å². The van der Waals surface area contributed by atoms with Gasteiger partial charge in [-0.05, 0) is 35.9 Å². The highest BCUT2D eigenvalue weighted by Gasteiger charge is 2.10. The number of halogens is 1. The van der Waals surface area contributed by atoms with Crippen molar-refractivity contribution in [3.63, 3.8) is 0 Å². The molecule has 0 aliphatic heterocycles. The Morgan fingerprint density at radius 1 is 1.12 bits per heavy atom. The van der Waals surface area contributed by atoms with Crippen molar-refractivity contribution < 1.29 is 9.18 Å². The largest absolute Gasteiger partial charge is 0.320 e. The molecular formula is C17H13FN4O2. The van der Waals surface area contributed by atoms with E-state index in [-0.39, 0.29) is 17.8 Å². The molecule has 2 aromatic heterocycles. The van der Waals surface area contributed by atoms with Gasteiger partial charge in [0, 0.05) is 24.1 Å². The molecule has 1 amide bonds. The van der Waals surface area contributed by atoms with E-state index in [1.165, 1.54) is 24.3 Å². The number of pyridine rings is 1. The molecule has 120 valence electrons. The van der Waals surface area contributed by atoms with E-state index in [1.807, 2.05) is 0 Å². The molecule has 3 aromatic rings. The SMILES string of the molecule is O=C(Nc1ccncc1)c1ccc(=O)n(Cc2cccc(F)c2)n1. The van der Waals surface area contributed by atoms with Gasteiger partial charge in [-0.25, -0.2) is 9.07 Å². The molecule has 0 bridgehead atoms. The molecule has 7 heteroatoms. The molecule has 1 N–H and O–H groups in total. The van der Waals surface area contributed by atoms with Crippen molar-refractivity contribution >= 4 is 11.6 Å². The van der Waals surface area contributed by atoms with Gasteiger partial charge in [-0.15, -0.1) is 0 Å². The molecule has 1 aromatic carbocycles. The Hall–Kier alpha value is -3.35. The molecule has 0 atom stereocenters. The Balaban J connectivity index is 1.83. The van der Waals surface area contributed by atoms with Crippen LogP contribution in [0.15, 0.2) is 65.7 Å². The third-order valence-corrected chi connectivity index (χ3v) is 3.26. The van der Waals surface area contributed by atoms with Gasteiger partial charge in [0.05, 0.1) is 6.54 Å². The molecule has 3 rings (SSSR count). The Bertz CT molecular complexity index is 925. The molecule has 0 aliphatic rings. The molecule has 24 heavy (non-hydrogen) atoms. The van der Waals surface area contributed by atoms with E-state index in [2.05, 4.69) is 15.4 Å². The normalized spacial score (nSPS) is 10.4. The van der Waals surface area contributed by atoms with E-state index >= 15 is 0 Å². The van der Waals surface area contributed by atoms with Crippen LogP contribution >= 0.6 is 0 Å². The van der Waals surface area contributed by atoms with Crippen molar-refractivity contribution in [1.82, 2.24) is 14.8 Å². The van der Waals surface area contributed by atoms with Gasteiger partial charge in [0.1, 0.15) is 11.5 Å². The van der Waals surface area contributed by atoms with Crippen molar-refractivity contribution in [2.24, 2.45) is 0 Å². The van der Waals surface area contributed by atoms with E-state index in [1.54, 1.807) is 36.7 Å². The minimum absolute atomic E-state index is 0.0764. The fourth-order valence-electron chi connectivity index (χ4n) is 2.12. The molecular weight excluding hydrogens is 311 g/mol. The fraction of sp³-hybridized carbons (Fsp3) is 0.0588. The number of hydrogen-bond acceptors (Lipinski definition) is 4. The van der Waals surface area contributed by atoms with Gasteiger partial charge in [0.15, 0.2) is 0 Å². The van der Waals surface area contributed by atoms with Crippen LogP contribution in [0.4, 0.5) is 10.1 Å². The Labute approximate surface area is 136 Å². The number of carbonyl (C=O) groups is 1. The first-order valence-corrected chi connectivity index (χ1v) is 7.16. The Morgan fingerprint density at radius 2 is 1.92 bits per heavy atom. The van der Waals surface area contributed by atoms with Crippen LogP contribution in [0.1, 0.15) is 16.1 Å². The van der Waals surface area contributed by atoms with E-state index < -0.39 is 11.7 Å². The number of rotatable bonds is 4. The van der Waals surface area contributed by atoms with Crippen molar-refractivity contribution in [2.75, 3.05) is 5.32 Å². The average Bonchev–Trinajstić information content (AvgIpc) is 2.58. The summed E-state index contributed by atoms with van der Waals surface area (Å²) in [6, 6.07) is 11.8. The monoisotopic (exact) mass is 324 g/mol. The molecule has 0 fully saturated rings. The van der Waals surface area contributed by atoms with Gasteiger partial charge in [0.2, 0.25) is 0 Å². The zero-order chi connectivity index (χ0) is 16.9. The molecule has 0 saturated heterocycles. The summed E-state index contributed by atoms with van der Waals surface area (Å²) in [5.41, 5.74) is 0.860. The summed E-state index contributed by atoms with van der Waals surface area (Å²) < 4.78 is 14.4. The summed E-state index contributed by atoms with van der Waals surface area (Å²) in [7, 11) is 0. The summed E-state index contributed by atoms with van der Waals surface area (Å²) >= 11 is 0. The standard InChI is InChI=1S/C17H13FN4O2/c18-13-3-1-2-12(10-13)11-22-16(23)5-4-15(21-22)17(24)20-14-6-8-19-9-7-14/h1-10H,11H2,(H,19,20,24). The summed E-state index contributed by atoms with van der Waals surface area (Å²) in [6.07, 6.45) is 3.10. The van der Waals surface area contributed by atoms with Crippen molar-refractivity contribution in [1.29, 1.82) is 0 Å². The fourth-order valence-corrected chi connectivity index (χ4v) is 2.12. The predicted molar refractivity (Wildman–Crippen MR) is 86.2 cm³/mol. The van der Waals surface area contributed by atoms with E-state index in [0.717, 1.165) is 4.68 Å². The highest BCUT2D eigenvalue weighted by molar-refractivity contribution is 6.02. The van der Waals surface area contributed by atoms with Crippen LogP contribution in [-0.2, 0) is 6.54 Å². The molecule has 0 spiro atoms. The number of nitrogens with zero attached hydrogens (tertiary/aromatic N) is 3. The second kappa shape index (κ2) is 6.82. The highest BCUT2D eigenvalue weighted by atomic mass is 19.1. The topological polar surface area (TPSA) is 76.9 Å². The molecule has 0 radical (unpaired) electrons. The van der Waals surface area contributed by atoms with E-state index in [9.17, 15) is 14.0 Å². The maximum absolute atomic E-state index is 13.2. The van der Waals surface area contributed by atoms with E-state index in [4.69, 9.17) is 0 Å². The lowest BCUT2D eigenvalue weighted by Crippen LogP contribution is -2.26. The number of anilines is 1. The smallest absolute Gasteiger partial charge is 0.276 e. The molecule has 6 nitrogen and oxygen atoms in total. The molecule has 0 saturated carbocycles. The zero-order valence-corrected chi connectivity index (χ0v) is 12.5. The number of carbonyl (C=O) groups excluding carboxylic acids is 1. The van der Waals surface area contributed by atoms with Crippen molar-refractivity contribution in [2.45, 2.75) is 6.54 Å². The number of benzene rings is 1. The lowest BCUT2D eigenvalue weighted by Gasteiger charge is -2.08. The average molecular weight is 324 g/mol. The van der Waals surface area contributed by atoms with Crippen LogP contribution in [0, 0.1) is 5.82 Å². The first-order chi connectivity index (χ1) is 11.6. The van der Waals surface area contributed by atoms with Crippen LogP contribution in [0.5, 0.6) is 0 Å². The zero-order valence-electron chi connectivity index (χ0n) is 12.5. The number of hydrogen-bond donors (Lipinski definition) is 1. The predicted octanol–water partition coefficient (Wildman–Crippen LogP) is 2.08. The minimum Gasteiger partial charge on any atom is -0.320 e. The van der Waals surface area contributed by atoms with E-state index in [0.29, 0.717) is 11.3 Å². The number of amides is 1. The van der Waals surface area contributed by atoms with Crippen LogP contribution < -0.4 is 10.9 Å². The minimum atomic E-state index is -0.450. The Kier molecular flexibility index (Phi) is 4.42. The highest BCUT2D eigenvalue weighted by Crippen LogP contribution is 2.07. The Morgan fingerprint density at radius 3 is 2.67 bits per heavy atom. The maximum Gasteiger partial charge on any atom is 0.276 e. The van der Waals surface area contributed by atoms with Gasteiger partial charge in [-0.3, -0.25) is 14.6 Å². The summed E-state index contributed by atoms with van der Waals surface area (Å²) in [5.74, 6) is -0.846. The summed E-state index contributed by atoms with van der Waals surface area (Å²) in [4.78, 5) is 28.0. The van der Waals surface area contributed by atoms with Gasteiger partial charge < -0.3 is 5.32 Å². The first kappa shape index (κ1) is 15.5.